The highest BCUT2D eigenvalue weighted by molar-refractivity contribution is 5.80. The molecular weight excluding hydrogens is 246 g/mol. The second-order valence-electron chi connectivity index (χ2n) is 5.39. The van der Waals surface area contributed by atoms with E-state index in [0.717, 1.165) is 13.0 Å². The highest BCUT2D eigenvalue weighted by Gasteiger charge is 2.23. The maximum Gasteiger partial charge on any atom is 0.133 e. The van der Waals surface area contributed by atoms with Crippen LogP contribution < -0.4 is 5.32 Å². The lowest BCUT2D eigenvalue weighted by Gasteiger charge is -2.09. The fourth-order valence-electron chi connectivity index (χ4n) is 2.84. The van der Waals surface area contributed by atoms with E-state index in [1.807, 2.05) is 30.3 Å². The number of rotatable bonds is 5. The first-order valence-electron chi connectivity index (χ1n) is 7.21. The number of nitrogens with one attached hydrogen (secondary N) is 1. The number of benzene rings is 2. The van der Waals surface area contributed by atoms with Gasteiger partial charge >= 0.3 is 0 Å². The Morgan fingerprint density at radius 1 is 1.05 bits per heavy atom. The fraction of sp³-hybridized carbons (Fsp3) is 0.278. The van der Waals surface area contributed by atoms with Gasteiger partial charge in [0, 0.05) is 31.0 Å². The summed E-state index contributed by atoms with van der Waals surface area (Å²) < 4.78 is 0. The Hall–Kier alpha value is -2.09. The minimum atomic E-state index is 0.342. The van der Waals surface area contributed by atoms with Crippen LogP contribution in [0, 0.1) is 0 Å². The summed E-state index contributed by atoms with van der Waals surface area (Å²) in [5, 5.41) is 3.38. The van der Waals surface area contributed by atoms with E-state index in [4.69, 9.17) is 0 Å². The Bertz CT molecular complexity index is 591. The first kappa shape index (κ1) is 12.9. The molecule has 0 saturated carbocycles. The van der Waals surface area contributed by atoms with Crippen molar-refractivity contribution >= 4 is 11.5 Å². The van der Waals surface area contributed by atoms with E-state index in [-0.39, 0.29) is 0 Å². The zero-order valence-corrected chi connectivity index (χ0v) is 11.5. The number of ketones is 1. The Balaban J connectivity index is 1.55. The molecule has 0 bridgehead atoms. The molecule has 2 aromatic carbocycles. The van der Waals surface area contributed by atoms with Gasteiger partial charge in [0.05, 0.1) is 0 Å². The van der Waals surface area contributed by atoms with Crippen LogP contribution in [0.1, 0.15) is 29.9 Å². The number of carbonyl (C=O) groups excluding carboxylic acids is 1. The van der Waals surface area contributed by atoms with Gasteiger partial charge in [-0.25, -0.2) is 0 Å². The van der Waals surface area contributed by atoms with E-state index in [9.17, 15) is 4.79 Å². The quantitative estimate of drug-likeness (QED) is 0.891. The second-order valence-corrected chi connectivity index (χ2v) is 5.39. The molecule has 0 aromatic heterocycles. The maximum atomic E-state index is 12.2. The van der Waals surface area contributed by atoms with Crippen molar-refractivity contribution in [1.82, 2.24) is 0 Å². The van der Waals surface area contributed by atoms with Crippen LogP contribution >= 0.6 is 0 Å². The van der Waals surface area contributed by atoms with Gasteiger partial charge in [-0.3, -0.25) is 4.79 Å². The van der Waals surface area contributed by atoms with Gasteiger partial charge in [-0.15, -0.1) is 0 Å². The van der Waals surface area contributed by atoms with Crippen molar-refractivity contribution in [2.75, 3.05) is 11.9 Å². The van der Waals surface area contributed by atoms with E-state index in [0.29, 0.717) is 24.5 Å². The van der Waals surface area contributed by atoms with Crippen LogP contribution in [0.25, 0.3) is 0 Å². The summed E-state index contributed by atoms with van der Waals surface area (Å²) in [4.78, 5) is 12.2. The van der Waals surface area contributed by atoms with Crippen molar-refractivity contribution in [2.24, 2.45) is 0 Å². The fourth-order valence-corrected chi connectivity index (χ4v) is 2.84. The largest absolute Gasteiger partial charge is 0.384 e. The Kier molecular flexibility index (Phi) is 3.82. The molecule has 1 heterocycles. The number of carbonyl (C=O) groups is 1. The molecule has 0 amide bonds. The molecule has 2 nitrogen and oxygen atoms in total. The monoisotopic (exact) mass is 265 g/mol. The summed E-state index contributed by atoms with van der Waals surface area (Å²) in [5.41, 5.74) is 3.72. The standard InChI is InChI=1S/C18H19NO/c20-16(11-10-14-6-2-1-3-7-14)12-15-13-19-18-9-5-4-8-17(15)18/h1-9,15,19H,10-13H2. The molecule has 1 N–H and O–H groups in total. The molecule has 2 heteroatoms. The number of hydrogen-bond acceptors (Lipinski definition) is 2. The molecule has 1 aliphatic heterocycles. The average Bonchev–Trinajstić information content (AvgIpc) is 2.90. The first-order chi connectivity index (χ1) is 9.83. The van der Waals surface area contributed by atoms with Crippen LogP contribution in [-0.4, -0.2) is 12.3 Å². The molecule has 0 spiro atoms. The van der Waals surface area contributed by atoms with Crippen LogP contribution in [0.2, 0.25) is 0 Å². The van der Waals surface area contributed by atoms with Crippen LogP contribution in [0.5, 0.6) is 0 Å². The molecule has 1 unspecified atom stereocenters. The Morgan fingerprint density at radius 3 is 2.65 bits per heavy atom. The third kappa shape index (κ3) is 2.90. The SMILES string of the molecule is O=C(CCc1ccccc1)CC1CNc2ccccc21. The van der Waals surface area contributed by atoms with Gasteiger partial charge in [0.2, 0.25) is 0 Å². The molecule has 20 heavy (non-hydrogen) atoms. The van der Waals surface area contributed by atoms with Crippen molar-refractivity contribution in [3.05, 3.63) is 65.7 Å². The molecule has 2 aromatic rings. The lowest BCUT2D eigenvalue weighted by molar-refractivity contribution is -0.119. The van der Waals surface area contributed by atoms with Crippen LogP contribution in [0.15, 0.2) is 54.6 Å². The van der Waals surface area contributed by atoms with E-state index < -0.39 is 0 Å². The number of fused-ring (bicyclic) bond motifs is 1. The summed E-state index contributed by atoms with van der Waals surface area (Å²) >= 11 is 0. The molecule has 1 atom stereocenters. The molecule has 0 fully saturated rings. The van der Waals surface area contributed by atoms with Gasteiger partial charge < -0.3 is 5.32 Å². The number of para-hydroxylation sites is 1. The zero-order valence-electron chi connectivity index (χ0n) is 11.5. The molecular formula is C18H19NO. The third-order valence-electron chi connectivity index (χ3n) is 3.95. The van der Waals surface area contributed by atoms with E-state index >= 15 is 0 Å². The van der Waals surface area contributed by atoms with Gasteiger partial charge in [-0.1, -0.05) is 48.5 Å². The van der Waals surface area contributed by atoms with Gasteiger partial charge in [0.25, 0.3) is 0 Å². The van der Waals surface area contributed by atoms with Crippen LogP contribution in [0.3, 0.4) is 0 Å². The minimum absolute atomic E-state index is 0.342. The van der Waals surface area contributed by atoms with Crippen molar-refractivity contribution in [2.45, 2.75) is 25.2 Å². The lowest BCUT2D eigenvalue weighted by atomic mass is 9.93. The molecule has 0 aliphatic carbocycles. The molecule has 0 radical (unpaired) electrons. The highest BCUT2D eigenvalue weighted by atomic mass is 16.1. The first-order valence-corrected chi connectivity index (χ1v) is 7.21. The van der Waals surface area contributed by atoms with E-state index in [1.54, 1.807) is 0 Å². The molecule has 1 aliphatic rings. The maximum absolute atomic E-state index is 12.2. The van der Waals surface area contributed by atoms with E-state index in [1.165, 1.54) is 16.8 Å². The Morgan fingerprint density at radius 2 is 1.80 bits per heavy atom. The highest BCUT2D eigenvalue weighted by Crippen LogP contribution is 2.33. The number of anilines is 1. The number of hydrogen-bond donors (Lipinski definition) is 1. The summed E-state index contributed by atoms with van der Waals surface area (Å²) in [6.07, 6.45) is 2.14. The summed E-state index contributed by atoms with van der Waals surface area (Å²) in [6.45, 7) is 0.885. The predicted molar refractivity (Wildman–Crippen MR) is 82.1 cm³/mol. The summed E-state index contributed by atoms with van der Waals surface area (Å²) in [7, 11) is 0. The van der Waals surface area contributed by atoms with Gasteiger partial charge in [-0.05, 0) is 23.6 Å². The molecule has 102 valence electrons. The van der Waals surface area contributed by atoms with Crippen molar-refractivity contribution in [3.8, 4) is 0 Å². The van der Waals surface area contributed by atoms with Crippen molar-refractivity contribution < 1.29 is 4.79 Å². The summed E-state index contributed by atoms with van der Waals surface area (Å²) in [5.74, 6) is 0.701. The average molecular weight is 265 g/mol. The van der Waals surface area contributed by atoms with Gasteiger partial charge in [0.1, 0.15) is 5.78 Å². The van der Waals surface area contributed by atoms with Crippen molar-refractivity contribution in [1.29, 1.82) is 0 Å². The Labute approximate surface area is 119 Å². The number of aryl methyl sites for hydroxylation is 1. The third-order valence-corrected chi connectivity index (χ3v) is 3.95. The van der Waals surface area contributed by atoms with Gasteiger partial charge in [-0.2, -0.15) is 0 Å². The van der Waals surface area contributed by atoms with Crippen LogP contribution in [0.4, 0.5) is 5.69 Å². The minimum Gasteiger partial charge on any atom is -0.384 e. The van der Waals surface area contributed by atoms with Crippen LogP contribution in [-0.2, 0) is 11.2 Å². The number of Topliss-reactive ketones (excluding diaryl/α,β-unsaturated/α-hetero) is 1. The topological polar surface area (TPSA) is 29.1 Å². The predicted octanol–water partition coefficient (Wildman–Crippen LogP) is 3.79. The smallest absolute Gasteiger partial charge is 0.133 e. The lowest BCUT2D eigenvalue weighted by Crippen LogP contribution is -2.09. The second kappa shape index (κ2) is 5.91. The zero-order chi connectivity index (χ0) is 13.8. The normalized spacial score (nSPS) is 16.5. The molecule has 0 saturated heterocycles. The summed E-state index contributed by atoms with van der Waals surface area (Å²) in [6, 6.07) is 18.5. The van der Waals surface area contributed by atoms with Crippen molar-refractivity contribution in [3.63, 3.8) is 0 Å². The van der Waals surface area contributed by atoms with E-state index in [2.05, 4.69) is 29.6 Å². The molecule has 3 rings (SSSR count). The van der Waals surface area contributed by atoms with Gasteiger partial charge in [0.15, 0.2) is 0 Å².